The number of halogens is 1. The molecule has 0 aromatic carbocycles. The van der Waals surface area contributed by atoms with Gasteiger partial charge in [-0.15, -0.1) is 0 Å². The molecule has 0 saturated carbocycles. The molecule has 1 aromatic rings. The molecule has 0 spiro atoms. The van der Waals surface area contributed by atoms with Gasteiger partial charge in [-0.2, -0.15) is 0 Å². The van der Waals surface area contributed by atoms with Crippen LogP contribution in [0.3, 0.4) is 0 Å². The fraction of sp³-hybridized carbons (Fsp3) is 0.643. The lowest BCUT2D eigenvalue weighted by Crippen LogP contribution is -2.35. The summed E-state index contributed by atoms with van der Waals surface area (Å²) in [6.07, 6.45) is 3.21. The van der Waals surface area contributed by atoms with Crippen molar-refractivity contribution in [2.75, 3.05) is 17.3 Å². The summed E-state index contributed by atoms with van der Waals surface area (Å²) in [7, 11) is -0.922. The zero-order valence-corrected chi connectivity index (χ0v) is 13.6. The summed E-state index contributed by atoms with van der Waals surface area (Å²) >= 11 is 0. The van der Waals surface area contributed by atoms with E-state index in [1.165, 1.54) is 0 Å². The molecule has 114 valence electrons. The van der Waals surface area contributed by atoms with E-state index in [-0.39, 0.29) is 23.2 Å². The fourth-order valence-electron chi connectivity index (χ4n) is 1.71. The lowest BCUT2D eigenvalue weighted by atomic mass is 10.1. The third kappa shape index (κ3) is 5.96. The van der Waals surface area contributed by atoms with Crippen LogP contribution in [0.4, 0.5) is 10.2 Å². The third-order valence-electron chi connectivity index (χ3n) is 2.65. The Morgan fingerprint density at radius 3 is 2.65 bits per heavy atom. The highest BCUT2D eigenvalue weighted by molar-refractivity contribution is 7.84. The minimum absolute atomic E-state index is 0.0737. The Hall–Kier alpha value is -1.01. The van der Waals surface area contributed by atoms with Crippen LogP contribution in [0.2, 0.25) is 0 Å². The highest BCUT2D eigenvalue weighted by Gasteiger charge is 2.15. The molecule has 4 nitrogen and oxygen atoms in total. The summed E-state index contributed by atoms with van der Waals surface area (Å²) < 4.78 is 25.5. The maximum absolute atomic E-state index is 14.3. The molecule has 2 unspecified atom stereocenters. The van der Waals surface area contributed by atoms with Crippen molar-refractivity contribution in [1.82, 2.24) is 10.3 Å². The zero-order chi connectivity index (χ0) is 15.3. The van der Waals surface area contributed by atoms with Crippen LogP contribution in [0.15, 0.2) is 12.3 Å². The van der Waals surface area contributed by atoms with Gasteiger partial charge in [0.25, 0.3) is 0 Å². The standard InChI is InChI=1S/C14H24FN3OS/c1-10(9-20(5)19)18-13-12(15)11(6-7-16-13)8-17-14(2,3)4/h6-7,10,17H,8-9H2,1-5H3,(H,16,18). The minimum Gasteiger partial charge on any atom is -0.364 e. The van der Waals surface area contributed by atoms with Gasteiger partial charge in [0.05, 0.1) is 0 Å². The molecule has 6 heteroatoms. The number of nitrogens with one attached hydrogen (secondary N) is 2. The Kier molecular flexibility index (Phi) is 6.07. The van der Waals surface area contributed by atoms with E-state index >= 15 is 0 Å². The lowest BCUT2D eigenvalue weighted by Gasteiger charge is -2.21. The predicted octanol–water partition coefficient (Wildman–Crippen LogP) is 2.29. The summed E-state index contributed by atoms with van der Waals surface area (Å²) in [5.41, 5.74) is 0.498. The normalized spacial score (nSPS) is 14.9. The van der Waals surface area contributed by atoms with Gasteiger partial charge in [-0.25, -0.2) is 9.37 Å². The Morgan fingerprint density at radius 2 is 2.10 bits per heavy atom. The molecule has 1 heterocycles. The molecule has 0 saturated heterocycles. The second-order valence-corrected chi connectivity index (χ2v) is 7.50. The molecular weight excluding hydrogens is 277 g/mol. The predicted molar refractivity (Wildman–Crippen MR) is 82.8 cm³/mol. The van der Waals surface area contributed by atoms with Crippen molar-refractivity contribution >= 4 is 16.6 Å². The van der Waals surface area contributed by atoms with Gasteiger partial charge in [-0.3, -0.25) is 4.21 Å². The Bertz CT molecular complexity index is 474. The minimum atomic E-state index is -0.922. The number of nitrogens with zero attached hydrogens (tertiary/aromatic N) is 1. The van der Waals surface area contributed by atoms with Crippen molar-refractivity contribution in [2.45, 2.75) is 45.8 Å². The van der Waals surface area contributed by atoms with Crippen molar-refractivity contribution in [3.63, 3.8) is 0 Å². The Labute approximate surface area is 123 Å². The van der Waals surface area contributed by atoms with Crippen LogP contribution in [0, 0.1) is 5.82 Å². The summed E-state index contributed by atoms with van der Waals surface area (Å²) in [4.78, 5) is 4.02. The first-order valence-electron chi connectivity index (χ1n) is 6.64. The molecule has 0 fully saturated rings. The molecule has 0 bridgehead atoms. The molecule has 0 radical (unpaired) electrons. The van der Waals surface area contributed by atoms with Crippen LogP contribution in [-0.2, 0) is 17.3 Å². The second kappa shape index (κ2) is 7.13. The maximum Gasteiger partial charge on any atom is 0.169 e. The van der Waals surface area contributed by atoms with Gasteiger partial charge in [-0.1, -0.05) is 0 Å². The smallest absolute Gasteiger partial charge is 0.169 e. The Morgan fingerprint density at radius 1 is 1.45 bits per heavy atom. The van der Waals surface area contributed by atoms with E-state index < -0.39 is 10.8 Å². The molecule has 0 amide bonds. The Balaban J connectivity index is 2.76. The van der Waals surface area contributed by atoms with E-state index in [1.54, 1.807) is 18.5 Å². The highest BCUT2D eigenvalue weighted by atomic mass is 32.2. The molecule has 2 N–H and O–H groups in total. The van der Waals surface area contributed by atoms with Crippen molar-refractivity contribution < 1.29 is 8.60 Å². The summed E-state index contributed by atoms with van der Waals surface area (Å²) in [6, 6.07) is 1.58. The van der Waals surface area contributed by atoms with Gasteiger partial charge in [0.2, 0.25) is 0 Å². The third-order valence-corrected chi connectivity index (χ3v) is 3.62. The van der Waals surface area contributed by atoms with Crippen molar-refractivity contribution in [3.8, 4) is 0 Å². The zero-order valence-electron chi connectivity index (χ0n) is 12.8. The van der Waals surface area contributed by atoms with Crippen LogP contribution in [0.25, 0.3) is 0 Å². The lowest BCUT2D eigenvalue weighted by molar-refractivity contribution is 0.418. The number of hydrogen-bond acceptors (Lipinski definition) is 4. The van der Waals surface area contributed by atoms with Gasteiger partial charge in [0.1, 0.15) is 0 Å². The largest absolute Gasteiger partial charge is 0.364 e. The first-order chi connectivity index (χ1) is 9.19. The van der Waals surface area contributed by atoms with Crippen molar-refractivity contribution in [2.24, 2.45) is 0 Å². The number of aromatic nitrogens is 1. The number of rotatable bonds is 6. The van der Waals surface area contributed by atoms with Crippen LogP contribution >= 0.6 is 0 Å². The second-order valence-electron chi connectivity index (χ2n) is 6.02. The van der Waals surface area contributed by atoms with E-state index in [0.29, 0.717) is 17.9 Å². The molecule has 1 aromatic heterocycles. The van der Waals surface area contributed by atoms with Gasteiger partial charge in [0.15, 0.2) is 11.6 Å². The number of hydrogen-bond donors (Lipinski definition) is 2. The molecular formula is C14H24FN3OS. The SMILES string of the molecule is CC(CS(C)=O)Nc1nccc(CNC(C)(C)C)c1F. The highest BCUT2D eigenvalue weighted by Crippen LogP contribution is 2.17. The number of anilines is 1. The molecule has 2 atom stereocenters. The molecule has 0 aliphatic carbocycles. The van der Waals surface area contributed by atoms with Crippen LogP contribution < -0.4 is 10.6 Å². The maximum atomic E-state index is 14.3. The van der Waals surface area contributed by atoms with E-state index in [9.17, 15) is 8.60 Å². The van der Waals surface area contributed by atoms with Gasteiger partial charge in [-0.05, 0) is 33.8 Å². The van der Waals surface area contributed by atoms with E-state index in [2.05, 4.69) is 15.6 Å². The van der Waals surface area contributed by atoms with Crippen LogP contribution in [0.1, 0.15) is 33.3 Å². The summed E-state index contributed by atoms with van der Waals surface area (Å²) in [5.74, 6) is 0.333. The van der Waals surface area contributed by atoms with E-state index in [0.717, 1.165) is 0 Å². The molecule has 0 aliphatic heterocycles. The quantitative estimate of drug-likeness (QED) is 0.846. The molecule has 1 rings (SSSR count). The number of pyridine rings is 1. The fourth-order valence-corrected chi connectivity index (χ4v) is 2.50. The van der Waals surface area contributed by atoms with Crippen LogP contribution in [0.5, 0.6) is 0 Å². The monoisotopic (exact) mass is 301 g/mol. The summed E-state index contributed by atoms with van der Waals surface area (Å²) in [5, 5.41) is 6.22. The first kappa shape index (κ1) is 17.0. The van der Waals surface area contributed by atoms with Crippen molar-refractivity contribution in [3.05, 3.63) is 23.6 Å². The van der Waals surface area contributed by atoms with Gasteiger partial charge < -0.3 is 10.6 Å². The summed E-state index contributed by atoms with van der Waals surface area (Å²) in [6.45, 7) is 8.40. The van der Waals surface area contributed by atoms with E-state index in [4.69, 9.17) is 0 Å². The van der Waals surface area contributed by atoms with Gasteiger partial charge in [0, 0.05) is 52.7 Å². The average Bonchev–Trinajstić information content (AvgIpc) is 2.28. The first-order valence-corrected chi connectivity index (χ1v) is 8.36. The topological polar surface area (TPSA) is 54.0 Å². The van der Waals surface area contributed by atoms with Crippen LogP contribution in [-0.4, -0.2) is 32.8 Å². The molecule has 0 aliphatic rings. The molecule has 20 heavy (non-hydrogen) atoms. The van der Waals surface area contributed by atoms with Gasteiger partial charge >= 0.3 is 0 Å². The average molecular weight is 301 g/mol. The van der Waals surface area contributed by atoms with E-state index in [1.807, 2.05) is 27.7 Å². The van der Waals surface area contributed by atoms with Crippen molar-refractivity contribution in [1.29, 1.82) is 0 Å².